The van der Waals surface area contributed by atoms with Crippen LogP contribution in [0.4, 0.5) is 4.39 Å². The minimum absolute atomic E-state index is 0.294. The van der Waals surface area contributed by atoms with E-state index in [9.17, 15) is 4.39 Å². The van der Waals surface area contributed by atoms with Crippen LogP contribution in [0.1, 0.15) is 12.0 Å². The number of benzene rings is 1. The molecule has 1 aliphatic heterocycles. The maximum Gasteiger partial charge on any atom is 0.183 e. The molecule has 1 aromatic rings. The lowest BCUT2D eigenvalue weighted by molar-refractivity contribution is -0.109. The second kappa shape index (κ2) is 3.34. The van der Waals surface area contributed by atoms with Crippen molar-refractivity contribution in [2.45, 2.75) is 13.3 Å². The van der Waals surface area contributed by atoms with Crippen molar-refractivity contribution >= 4 is 0 Å². The van der Waals surface area contributed by atoms with Gasteiger partial charge in [0.1, 0.15) is 0 Å². The van der Waals surface area contributed by atoms with E-state index in [4.69, 9.17) is 4.84 Å². The van der Waals surface area contributed by atoms with Crippen molar-refractivity contribution < 1.29 is 9.23 Å². The molecule has 0 amide bonds. The number of rotatable bonds is 2. The Hall–Kier alpha value is -1.09. The molecule has 0 bridgehead atoms. The van der Waals surface area contributed by atoms with E-state index < -0.39 is 0 Å². The highest BCUT2D eigenvalue weighted by Crippen LogP contribution is 2.21. The van der Waals surface area contributed by atoms with Gasteiger partial charge in [-0.15, -0.1) is 5.06 Å². The SMILES string of the molecule is Cc1ccc(F)c(ON2CCC2)c1. The van der Waals surface area contributed by atoms with Crippen molar-refractivity contribution in [1.82, 2.24) is 5.06 Å². The predicted octanol–water partition coefficient (Wildman–Crippen LogP) is 2.13. The largest absolute Gasteiger partial charge is 0.403 e. The molecule has 0 unspecified atom stereocenters. The van der Waals surface area contributed by atoms with Gasteiger partial charge in [-0.3, -0.25) is 0 Å². The zero-order chi connectivity index (χ0) is 9.26. The van der Waals surface area contributed by atoms with Gasteiger partial charge in [-0.05, 0) is 31.0 Å². The molecule has 1 heterocycles. The lowest BCUT2D eigenvalue weighted by Crippen LogP contribution is -2.39. The number of halogens is 1. The zero-order valence-electron chi connectivity index (χ0n) is 7.59. The lowest BCUT2D eigenvalue weighted by Gasteiger charge is -2.29. The van der Waals surface area contributed by atoms with Crippen molar-refractivity contribution in [2.24, 2.45) is 0 Å². The summed E-state index contributed by atoms with van der Waals surface area (Å²) in [5.41, 5.74) is 1.01. The van der Waals surface area contributed by atoms with E-state index in [0.29, 0.717) is 5.75 Å². The molecule has 13 heavy (non-hydrogen) atoms. The molecular weight excluding hydrogens is 169 g/mol. The number of hydroxylamine groups is 2. The molecule has 1 saturated heterocycles. The van der Waals surface area contributed by atoms with E-state index in [1.807, 2.05) is 6.92 Å². The number of aryl methyl sites for hydroxylation is 1. The third-order valence-electron chi connectivity index (χ3n) is 2.13. The molecule has 3 heteroatoms. The summed E-state index contributed by atoms with van der Waals surface area (Å²) in [6, 6.07) is 4.89. The minimum Gasteiger partial charge on any atom is -0.403 e. The fourth-order valence-electron chi connectivity index (χ4n) is 1.20. The molecule has 2 nitrogen and oxygen atoms in total. The second-order valence-corrected chi connectivity index (χ2v) is 3.31. The Morgan fingerprint density at radius 2 is 2.15 bits per heavy atom. The Balaban J connectivity index is 2.13. The maximum atomic E-state index is 13.1. The molecule has 0 atom stereocenters. The molecule has 70 valence electrons. The molecule has 2 rings (SSSR count). The van der Waals surface area contributed by atoms with E-state index in [0.717, 1.165) is 25.1 Å². The van der Waals surface area contributed by atoms with Gasteiger partial charge in [0.25, 0.3) is 0 Å². The van der Waals surface area contributed by atoms with Crippen molar-refractivity contribution in [3.8, 4) is 5.75 Å². The fourth-order valence-corrected chi connectivity index (χ4v) is 1.20. The summed E-state index contributed by atoms with van der Waals surface area (Å²) in [5.74, 6) is 0.0391. The standard InChI is InChI=1S/C10H12FNO/c1-8-3-4-9(11)10(7-8)13-12-5-2-6-12/h3-4,7H,2,5-6H2,1H3. The Labute approximate surface area is 76.9 Å². The molecule has 0 spiro atoms. The predicted molar refractivity (Wildman–Crippen MR) is 48.0 cm³/mol. The number of hydrogen-bond donors (Lipinski definition) is 0. The summed E-state index contributed by atoms with van der Waals surface area (Å²) in [4.78, 5) is 5.32. The first-order valence-corrected chi connectivity index (χ1v) is 4.45. The molecule has 0 aliphatic carbocycles. The highest BCUT2D eigenvalue weighted by atomic mass is 19.1. The normalized spacial score (nSPS) is 16.8. The van der Waals surface area contributed by atoms with E-state index in [-0.39, 0.29) is 5.82 Å². The molecule has 1 aliphatic rings. The molecular formula is C10H12FNO. The minimum atomic E-state index is -0.294. The third kappa shape index (κ3) is 1.80. The summed E-state index contributed by atoms with van der Waals surface area (Å²) in [6.45, 7) is 3.71. The monoisotopic (exact) mass is 181 g/mol. The van der Waals surface area contributed by atoms with E-state index >= 15 is 0 Å². The fraction of sp³-hybridized carbons (Fsp3) is 0.400. The first-order valence-electron chi connectivity index (χ1n) is 4.45. The quantitative estimate of drug-likeness (QED) is 0.693. The van der Waals surface area contributed by atoms with Crippen LogP contribution in [-0.4, -0.2) is 18.2 Å². The topological polar surface area (TPSA) is 12.5 Å². The van der Waals surface area contributed by atoms with Crippen LogP contribution in [0, 0.1) is 12.7 Å². The summed E-state index contributed by atoms with van der Waals surface area (Å²) in [6.07, 6.45) is 1.13. The number of nitrogens with zero attached hydrogens (tertiary/aromatic N) is 1. The van der Waals surface area contributed by atoms with Gasteiger partial charge in [-0.2, -0.15) is 0 Å². The van der Waals surface area contributed by atoms with Crippen LogP contribution in [-0.2, 0) is 0 Å². The van der Waals surface area contributed by atoms with Crippen molar-refractivity contribution in [2.75, 3.05) is 13.1 Å². The molecule has 0 N–H and O–H groups in total. The second-order valence-electron chi connectivity index (χ2n) is 3.31. The van der Waals surface area contributed by atoms with Gasteiger partial charge < -0.3 is 4.84 Å². The van der Waals surface area contributed by atoms with Crippen molar-refractivity contribution in [1.29, 1.82) is 0 Å². The maximum absolute atomic E-state index is 13.1. The van der Waals surface area contributed by atoms with E-state index in [1.54, 1.807) is 17.2 Å². The van der Waals surface area contributed by atoms with Crippen LogP contribution in [0.25, 0.3) is 0 Å². The van der Waals surface area contributed by atoms with E-state index in [2.05, 4.69) is 0 Å². The van der Waals surface area contributed by atoms with Gasteiger partial charge >= 0.3 is 0 Å². The first kappa shape index (κ1) is 8.51. The average molecular weight is 181 g/mol. The van der Waals surface area contributed by atoms with Crippen LogP contribution in [0.2, 0.25) is 0 Å². The number of hydrogen-bond acceptors (Lipinski definition) is 2. The van der Waals surface area contributed by atoms with Gasteiger partial charge in [-0.25, -0.2) is 4.39 Å². The summed E-state index contributed by atoms with van der Waals surface area (Å²) in [5, 5.41) is 1.76. The Morgan fingerprint density at radius 3 is 2.77 bits per heavy atom. The van der Waals surface area contributed by atoms with Crippen LogP contribution in [0.15, 0.2) is 18.2 Å². The average Bonchev–Trinajstić information content (AvgIpc) is 2.03. The molecule has 0 saturated carbocycles. The molecule has 0 aromatic heterocycles. The van der Waals surface area contributed by atoms with Crippen LogP contribution in [0.5, 0.6) is 5.75 Å². The lowest BCUT2D eigenvalue weighted by atomic mass is 10.2. The van der Waals surface area contributed by atoms with Crippen molar-refractivity contribution in [3.05, 3.63) is 29.6 Å². The van der Waals surface area contributed by atoms with Gasteiger partial charge in [0, 0.05) is 13.1 Å². The van der Waals surface area contributed by atoms with Crippen molar-refractivity contribution in [3.63, 3.8) is 0 Å². The highest BCUT2D eigenvalue weighted by molar-refractivity contribution is 5.29. The molecule has 1 fully saturated rings. The summed E-state index contributed by atoms with van der Waals surface area (Å²) < 4.78 is 13.1. The van der Waals surface area contributed by atoms with Crippen LogP contribution >= 0.6 is 0 Å². The Kier molecular flexibility index (Phi) is 2.19. The Morgan fingerprint density at radius 1 is 1.38 bits per heavy atom. The van der Waals surface area contributed by atoms with Gasteiger partial charge in [0.15, 0.2) is 11.6 Å². The first-order chi connectivity index (χ1) is 6.25. The molecule has 1 aromatic carbocycles. The summed E-state index contributed by atoms with van der Waals surface area (Å²) >= 11 is 0. The van der Waals surface area contributed by atoms with Gasteiger partial charge in [-0.1, -0.05) is 6.07 Å². The van der Waals surface area contributed by atoms with Crippen LogP contribution < -0.4 is 4.84 Å². The zero-order valence-corrected chi connectivity index (χ0v) is 7.59. The smallest absolute Gasteiger partial charge is 0.183 e. The summed E-state index contributed by atoms with van der Waals surface area (Å²) in [7, 11) is 0. The highest BCUT2D eigenvalue weighted by Gasteiger charge is 2.17. The molecule has 0 radical (unpaired) electrons. The van der Waals surface area contributed by atoms with Crippen LogP contribution in [0.3, 0.4) is 0 Å². The van der Waals surface area contributed by atoms with Gasteiger partial charge in [0.05, 0.1) is 0 Å². The Bertz CT molecular complexity index is 310. The third-order valence-corrected chi connectivity index (χ3v) is 2.13. The van der Waals surface area contributed by atoms with E-state index in [1.165, 1.54) is 6.07 Å². The van der Waals surface area contributed by atoms with Gasteiger partial charge in [0.2, 0.25) is 0 Å².